The first kappa shape index (κ1) is 10.5. The molecule has 0 saturated carbocycles. The number of hydrazone groups is 1. The van der Waals surface area contributed by atoms with Crippen LogP contribution in [0.2, 0.25) is 0 Å². The standard InChI is InChI=1S/C13H20N2/c1-9-7-6-8-10-11(9)15(5)14-12(10)13(2,3)4/h6-9,11H,1-5H3. The molecule has 2 unspecified atom stereocenters. The third kappa shape index (κ3) is 1.62. The molecule has 0 aromatic carbocycles. The van der Waals surface area contributed by atoms with Gasteiger partial charge >= 0.3 is 0 Å². The third-order valence-electron chi connectivity index (χ3n) is 3.15. The van der Waals surface area contributed by atoms with Gasteiger partial charge in [-0.05, 0) is 0 Å². The van der Waals surface area contributed by atoms with E-state index in [1.807, 2.05) is 0 Å². The highest BCUT2D eigenvalue weighted by Gasteiger charge is 2.38. The van der Waals surface area contributed by atoms with E-state index in [1.54, 1.807) is 0 Å². The van der Waals surface area contributed by atoms with Crippen LogP contribution in [0.25, 0.3) is 0 Å². The Morgan fingerprint density at radius 3 is 2.60 bits per heavy atom. The molecular weight excluding hydrogens is 184 g/mol. The molecule has 0 aromatic rings. The van der Waals surface area contributed by atoms with Gasteiger partial charge in [-0.15, -0.1) is 0 Å². The van der Waals surface area contributed by atoms with E-state index in [4.69, 9.17) is 5.10 Å². The molecule has 1 aliphatic carbocycles. The fraction of sp³-hybridized carbons (Fsp3) is 0.615. The second-order valence-electron chi connectivity index (χ2n) is 5.58. The van der Waals surface area contributed by atoms with Gasteiger partial charge in [0.25, 0.3) is 0 Å². The first-order valence-corrected chi connectivity index (χ1v) is 5.62. The van der Waals surface area contributed by atoms with E-state index in [9.17, 15) is 0 Å². The Hall–Kier alpha value is -1.05. The van der Waals surface area contributed by atoms with Crippen molar-refractivity contribution in [3.05, 3.63) is 23.8 Å². The predicted molar refractivity (Wildman–Crippen MR) is 64.8 cm³/mol. The highest BCUT2D eigenvalue weighted by Crippen LogP contribution is 2.36. The molecule has 0 bridgehead atoms. The topological polar surface area (TPSA) is 15.6 Å². The van der Waals surface area contributed by atoms with Crippen molar-refractivity contribution in [3.8, 4) is 0 Å². The van der Waals surface area contributed by atoms with Crippen molar-refractivity contribution in [2.24, 2.45) is 16.4 Å². The summed E-state index contributed by atoms with van der Waals surface area (Å²) in [6.07, 6.45) is 6.64. The first-order valence-electron chi connectivity index (χ1n) is 5.62. The molecule has 1 aliphatic heterocycles. The molecule has 82 valence electrons. The van der Waals surface area contributed by atoms with Crippen LogP contribution in [0.1, 0.15) is 27.7 Å². The van der Waals surface area contributed by atoms with E-state index in [0.717, 1.165) is 0 Å². The number of rotatable bonds is 0. The molecular formula is C13H20N2. The van der Waals surface area contributed by atoms with E-state index < -0.39 is 0 Å². The molecule has 2 aliphatic rings. The van der Waals surface area contributed by atoms with Crippen molar-refractivity contribution in [1.82, 2.24) is 5.01 Å². The molecule has 2 atom stereocenters. The molecule has 0 radical (unpaired) electrons. The second kappa shape index (κ2) is 3.22. The Bertz CT molecular complexity index is 355. The number of hydrogen-bond donors (Lipinski definition) is 0. The van der Waals surface area contributed by atoms with E-state index in [1.165, 1.54) is 11.3 Å². The average Bonchev–Trinajstić information content (AvgIpc) is 2.44. The van der Waals surface area contributed by atoms with Crippen LogP contribution in [0.4, 0.5) is 0 Å². The van der Waals surface area contributed by atoms with Gasteiger partial charge in [-0.3, -0.25) is 5.01 Å². The Kier molecular flexibility index (Phi) is 2.25. The number of nitrogens with zero attached hydrogens (tertiary/aromatic N) is 2. The smallest absolute Gasteiger partial charge is 0.0795 e. The molecule has 2 nitrogen and oxygen atoms in total. The van der Waals surface area contributed by atoms with Crippen LogP contribution < -0.4 is 0 Å². The second-order valence-corrected chi connectivity index (χ2v) is 5.58. The molecule has 0 spiro atoms. The SMILES string of the molecule is CC1C=CC=C2C(C(C)(C)C)=NN(C)C21. The normalized spacial score (nSPS) is 30.1. The molecule has 0 aromatic heterocycles. The Morgan fingerprint density at radius 1 is 1.33 bits per heavy atom. The van der Waals surface area contributed by atoms with Crippen molar-refractivity contribution in [1.29, 1.82) is 0 Å². The first-order chi connectivity index (χ1) is 6.91. The maximum atomic E-state index is 4.70. The minimum Gasteiger partial charge on any atom is -0.292 e. The van der Waals surface area contributed by atoms with Crippen molar-refractivity contribution >= 4 is 5.71 Å². The number of hydrogen-bond acceptors (Lipinski definition) is 2. The molecule has 15 heavy (non-hydrogen) atoms. The van der Waals surface area contributed by atoms with Crippen LogP contribution in [-0.4, -0.2) is 23.8 Å². The summed E-state index contributed by atoms with van der Waals surface area (Å²) in [5.74, 6) is 0.554. The maximum Gasteiger partial charge on any atom is 0.0795 e. The summed E-state index contributed by atoms with van der Waals surface area (Å²) in [4.78, 5) is 0. The minimum absolute atomic E-state index is 0.139. The van der Waals surface area contributed by atoms with Gasteiger partial charge in [-0.25, -0.2) is 0 Å². The van der Waals surface area contributed by atoms with Crippen molar-refractivity contribution in [2.75, 3.05) is 7.05 Å². The summed E-state index contributed by atoms with van der Waals surface area (Å²) in [5.41, 5.74) is 2.78. The van der Waals surface area contributed by atoms with Gasteiger partial charge in [0.1, 0.15) is 0 Å². The monoisotopic (exact) mass is 204 g/mol. The molecule has 0 saturated heterocycles. The molecule has 0 amide bonds. The van der Waals surface area contributed by atoms with Crippen LogP contribution in [0.5, 0.6) is 0 Å². The number of fused-ring (bicyclic) bond motifs is 1. The summed E-state index contributed by atoms with van der Waals surface area (Å²) in [6, 6.07) is 0.448. The van der Waals surface area contributed by atoms with E-state index >= 15 is 0 Å². The molecule has 0 N–H and O–H groups in total. The van der Waals surface area contributed by atoms with Gasteiger partial charge < -0.3 is 0 Å². The molecule has 1 heterocycles. The molecule has 2 heteroatoms. The van der Waals surface area contributed by atoms with Gasteiger partial charge in [0, 0.05) is 24.0 Å². The van der Waals surface area contributed by atoms with Gasteiger partial charge in [0.15, 0.2) is 0 Å². The predicted octanol–water partition coefficient (Wildman–Crippen LogP) is 2.83. The molecule has 0 fully saturated rings. The van der Waals surface area contributed by atoms with Crippen LogP contribution >= 0.6 is 0 Å². The fourth-order valence-corrected chi connectivity index (χ4v) is 2.44. The maximum absolute atomic E-state index is 4.70. The summed E-state index contributed by atoms with van der Waals surface area (Å²) in [6.45, 7) is 8.94. The van der Waals surface area contributed by atoms with Crippen LogP contribution in [0.15, 0.2) is 28.9 Å². The van der Waals surface area contributed by atoms with Crippen molar-refractivity contribution < 1.29 is 0 Å². The minimum atomic E-state index is 0.139. The highest BCUT2D eigenvalue weighted by atomic mass is 15.5. The third-order valence-corrected chi connectivity index (χ3v) is 3.15. The molecule has 2 rings (SSSR count). The van der Waals surface area contributed by atoms with Gasteiger partial charge in [0.05, 0.1) is 11.8 Å². The fourth-order valence-electron chi connectivity index (χ4n) is 2.44. The van der Waals surface area contributed by atoms with E-state index in [2.05, 4.69) is 58.0 Å². The summed E-state index contributed by atoms with van der Waals surface area (Å²) < 4.78 is 0. The Labute approximate surface area is 92.4 Å². The average molecular weight is 204 g/mol. The lowest BCUT2D eigenvalue weighted by atomic mass is 9.79. The van der Waals surface area contributed by atoms with Crippen LogP contribution in [0, 0.1) is 11.3 Å². The van der Waals surface area contributed by atoms with E-state index in [-0.39, 0.29) is 5.41 Å². The number of likely N-dealkylation sites (N-methyl/N-ethyl adjacent to an activating group) is 1. The van der Waals surface area contributed by atoms with Crippen molar-refractivity contribution in [2.45, 2.75) is 33.7 Å². The zero-order valence-electron chi connectivity index (χ0n) is 10.3. The lowest BCUT2D eigenvalue weighted by molar-refractivity contribution is 0.266. The van der Waals surface area contributed by atoms with Gasteiger partial charge in [-0.2, -0.15) is 5.10 Å². The number of allylic oxidation sites excluding steroid dienone is 2. The van der Waals surface area contributed by atoms with Crippen LogP contribution in [0.3, 0.4) is 0 Å². The largest absolute Gasteiger partial charge is 0.292 e. The van der Waals surface area contributed by atoms with Crippen LogP contribution in [-0.2, 0) is 0 Å². The van der Waals surface area contributed by atoms with Gasteiger partial charge in [0.2, 0.25) is 0 Å². The zero-order valence-corrected chi connectivity index (χ0v) is 10.3. The quantitative estimate of drug-likeness (QED) is 0.592. The van der Waals surface area contributed by atoms with E-state index in [0.29, 0.717) is 12.0 Å². The highest BCUT2D eigenvalue weighted by molar-refractivity contribution is 6.06. The Balaban J connectivity index is 2.41. The summed E-state index contributed by atoms with van der Waals surface area (Å²) >= 11 is 0. The zero-order chi connectivity index (χ0) is 11.2. The van der Waals surface area contributed by atoms with Crippen molar-refractivity contribution in [3.63, 3.8) is 0 Å². The summed E-state index contributed by atoms with van der Waals surface area (Å²) in [5, 5.41) is 6.81. The Morgan fingerprint density at radius 2 is 2.00 bits per heavy atom. The lowest BCUT2D eigenvalue weighted by Gasteiger charge is -2.28. The van der Waals surface area contributed by atoms with Gasteiger partial charge in [-0.1, -0.05) is 45.9 Å². The summed E-state index contributed by atoms with van der Waals surface area (Å²) in [7, 11) is 2.08. The lowest BCUT2D eigenvalue weighted by Crippen LogP contribution is -2.33.